The van der Waals surface area contributed by atoms with Gasteiger partial charge in [0.05, 0.1) is 6.10 Å². The minimum absolute atomic E-state index is 0.0196. The summed E-state index contributed by atoms with van der Waals surface area (Å²) in [5.74, 6) is -0.161. The van der Waals surface area contributed by atoms with Crippen LogP contribution in [0.4, 0.5) is 0 Å². The number of hydrogen-bond acceptors (Lipinski definition) is 6. The van der Waals surface area contributed by atoms with Crippen LogP contribution in [-0.4, -0.2) is 41.6 Å². The van der Waals surface area contributed by atoms with Gasteiger partial charge in [-0.05, 0) is 49.2 Å². The number of rotatable bonds is 5. The zero-order valence-corrected chi connectivity index (χ0v) is 20.1. The summed E-state index contributed by atoms with van der Waals surface area (Å²) in [6, 6.07) is 0. The van der Waals surface area contributed by atoms with Gasteiger partial charge < -0.3 is 14.2 Å². The summed E-state index contributed by atoms with van der Waals surface area (Å²) in [5, 5.41) is 0. The highest BCUT2D eigenvalue weighted by atomic mass is 16.6. The second kappa shape index (κ2) is 9.50. The predicted octanol–water partition coefficient (Wildman–Crippen LogP) is 4.56. The van der Waals surface area contributed by atoms with E-state index in [0.717, 1.165) is 5.57 Å². The van der Waals surface area contributed by atoms with E-state index in [4.69, 9.17) is 14.2 Å². The van der Waals surface area contributed by atoms with Crippen LogP contribution in [-0.2, 0) is 28.6 Å². The van der Waals surface area contributed by atoms with Crippen molar-refractivity contribution in [1.82, 2.24) is 0 Å². The highest BCUT2D eigenvalue weighted by Crippen LogP contribution is 2.56. The van der Waals surface area contributed by atoms with Gasteiger partial charge in [0.2, 0.25) is 0 Å². The zero-order valence-electron chi connectivity index (χ0n) is 20.1. The first kappa shape index (κ1) is 24.7. The molecule has 0 aromatic rings. The van der Waals surface area contributed by atoms with Crippen molar-refractivity contribution in [1.29, 1.82) is 0 Å². The molecule has 3 aliphatic rings. The molecular weight excluding hydrogens is 408 g/mol. The molecule has 32 heavy (non-hydrogen) atoms. The molecule has 0 amide bonds. The monoisotopic (exact) mass is 446 g/mol. The summed E-state index contributed by atoms with van der Waals surface area (Å²) >= 11 is 0. The van der Waals surface area contributed by atoms with E-state index in [2.05, 4.69) is 27.0 Å². The third-order valence-corrected chi connectivity index (χ3v) is 7.57. The summed E-state index contributed by atoms with van der Waals surface area (Å²) in [7, 11) is 0. The Morgan fingerprint density at radius 3 is 2.56 bits per heavy atom. The van der Waals surface area contributed by atoms with Gasteiger partial charge in [-0.15, -0.1) is 0 Å². The maximum Gasteiger partial charge on any atom is 0.306 e. The van der Waals surface area contributed by atoms with Crippen molar-refractivity contribution >= 4 is 17.7 Å². The van der Waals surface area contributed by atoms with Crippen LogP contribution in [0.1, 0.15) is 73.1 Å². The van der Waals surface area contributed by atoms with Crippen molar-refractivity contribution < 1.29 is 28.6 Å². The van der Waals surface area contributed by atoms with Crippen molar-refractivity contribution in [3.63, 3.8) is 0 Å². The number of carbonyl (C=O) groups is 3. The van der Waals surface area contributed by atoms with E-state index in [1.54, 1.807) is 0 Å². The van der Waals surface area contributed by atoms with Gasteiger partial charge in [-0.3, -0.25) is 14.4 Å². The second-order valence-electron chi connectivity index (χ2n) is 10.3. The quantitative estimate of drug-likeness (QED) is 0.350. The average Bonchev–Trinajstić information content (AvgIpc) is 3.08. The average molecular weight is 447 g/mol. The van der Waals surface area contributed by atoms with Crippen LogP contribution < -0.4 is 0 Å². The number of hydrogen-bond donors (Lipinski definition) is 0. The summed E-state index contributed by atoms with van der Waals surface area (Å²) in [5.41, 5.74) is 0.436. The third kappa shape index (κ3) is 4.70. The highest BCUT2D eigenvalue weighted by Gasteiger charge is 2.60. The minimum atomic E-state index is -0.925. The molecule has 0 spiro atoms. The molecule has 0 aromatic heterocycles. The van der Waals surface area contributed by atoms with Crippen LogP contribution in [0.2, 0.25) is 0 Å². The Bertz CT molecular complexity index is 798. The SMILES string of the molecule is C=C1CC2OC(C3C(C(C)C)CC(OC(C)=O)C(=C)C23)C(C)(OC(=O)CCC)CCC1=O. The molecule has 3 fully saturated rings. The fourth-order valence-corrected chi connectivity index (χ4v) is 5.98. The van der Waals surface area contributed by atoms with Crippen molar-refractivity contribution in [2.24, 2.45) is 23.7 Å². The van der Waals surface area contributed by atoms with E-state index in [1.165, 1.54) is 6.92 Å². The van der Waals surface area contributed by atoms with Gasteiger partial charge in [0.25, 0.3) is 0 Å². The standard InChI is InChI=1S/C26H38O6/c1-8-9-22(29)32-26(7)11-10-19(28)15(4)12-21-23-16(5)20(30-17(6)27)13-18(14(2)3)24(23)25(26)31-21/h14,18,20-21,23-25H,4-5,8-13H2,1-3,6-7H3. The molecule has 1 saturated carbocycles. The van der Waals surface area contributed by atoms with Gasteiger partial charge >= 0.3 is 11.9 Å². The number of ketones is 1. The lowest BCUT2D eigenvalue weighted by Crippen LogP contribution is -2.52. The molecule has 2 heterocycles. The Kier molecular flexibility index (Phi) is 7.33. The summed E-state index contributed by atoms with van der Waals surface area (Å²) < 4.78 is 18.4. The molecule has 2 aliphatic heterocycles. The first-order chi connectivity index (χ1) is 15.0. The first-order valence-corrected chi connectivity index (χ1v) is 11.9. The molecule has 7 atom stereocenters. The van der Waals surface area contributed by atoms with Gasteiger partial charge in [-0.2, -0.15) is 0 Å². The smallest absolute Gasteiger partial charge is 0.306 e. The van der Waals surface area contributed by atoms with Crippen molar-refractivity contribution in [3.05, 3.63) is 24.3 Å². The number of ether oxygens (including phenoxy) is 3. The Labute approximate surface area is 191 Å². The molecule has 6 nitrogen and oxygen atoms in total. The molecule has 2 saturated heterocycles. The molecule has 1 aliphatic carbocycles. The molecule has 0 aromatic carbocycles. The van der Waals surface area contributed by atoms with Gasteiger partial charge in [0.15, 0.2) is 5.78 Å². The Morgan fingerprint density at radius 2 is 1.97 bits per heavy atom. The molecule has 2 bridgehead atoms. The predicted molar refractivity (Wildman–Crippen MR) is 121 cm³/mol. The Morgan fingerprint density at radius 1 is 1.28 bits per heavy atom. The largest absolute Gasteiger partial charge is 0.458 e. The maximum absolute atomic E-state index is 12.7. The number of esters is 2. The van der Waals surface area contributed by atoms with Crippen LogP contribution in [0, 0.1) is 23.7 Å². The first-order valence-electron chi connectivity index (χ1n) is 11.9. The molecule has 0 N–H and O–H groups in total. The van der Waals surface area contributed by atoms with Crippen LogP contribution in [0.5, 0.6) is 0 Å². The molecule has 0 radical (unpaired) electrons. The Hall–Kier alpha value is -1.95. The minimum Gasteiger partial charge on any atom is -0.458 e. The maximum atomic E-state index is 12.7. The third-order valence-electron chi connectivity index (χ3n) is 7.57. The van der Waals surface area contributed by atoms with Crippen molar-refractivity contribution in [2.75, 3.05) is 0 Å². The van der Waals surface area contributed by atoms with E-state index >= 15 is 0 Å². The molecule has 7 unspecified atom stereocenters. The van der Waals surface area contributed by atoms with Crippen LogP contribution in [0.25, 0.3) is 0 Å². The Balaban J connectivity index is 2.06. The van der Waals surface area contributed by atoms with E-state index in [-0.39, 0.29) is 60.2 Å². The lowest BCUT2D eigenvalue weighted by atomic mass is 9.60. The number of carbonyl (C=O) groups excluding carboxylic acids is 3. The van der Waals surface area contributed by atoms with Gasteiger partial charge in [0.1, 0.15) is 17.8 Å². The summed E-state index contributed by atoms with van der Waals surface area (Å²) in [6.45, 7) is 18.0. The summed E-state index contributed by atoms with van der Waals surface area (Å²) in [4.78, 5) is 37.1. The lowest BCUT2D eigenvalue weighted by molar-refractivity contribution is -0.182. The van der Waals surface area contributed by atoms with E-state index in [9.17, 15) is 14.4 Å². The van der Waals surface area contributed by atoms with Crippen molar-refractivity contribution in [3.8, 4) is 0 Å². The highest BCUT2D eigenvalue weighted by molar-refractivity contribution is 5.94. The number of fused-ring (bicyclic) bond motifs is 5. The van der Waals surface area contributed by atoms with E-state index in [1.807, 2.05) is 13.8 Å². The van der Waals surface area contributed by atoms with Gasteiger partial charge in [-0.25, -0.2) is 0 Å². The topological polar surface area (TPSA) is 78.9 Å². The van der Waals surface area contributed by atoms with Crippen LogP contribution >= 0.6 is 0 Å². The van der Waals surface area contributed by atoms with Crippen LogP contribution in [0.3, 0.4) is 0 Å². The van der Waals surface area contributed by atoms with Crippen LogP contribution in [0.15, 0.2) is 24.3 Å². The normalized spacial score (nSPS) is 37.4. The fraction of sp³-hybridized carbons (Fsp3) is 0.731. The van der Waals surface area contributed by atoms with E-state index < -0.39 is 5.60 Å². The molecule has 178 valence electrons. The molecular formula is C26H38O6. The van der Waals surface area contributed by atoms with Gasteiger partial charge in [-0.1, -0.05) is 33.9 Å². The zero-order chi connectivity index (χ0) is 23.8. The van der Waals surface area contributed by atoms with E-state index in [0.29, 0.717) is 43.6 Å². The molecule has 6 heteroatoms. The van der Waals surface area contributed by atoms with Gasteiger partial charge in [0, 0.05) is 38.0 Å². The number of Topliss-reactive ketones (excluding diaryl/α,β-unsaturated/α-hetero) is 1. The lowest BCUT2D eigenvalue weighted by Gasteiger charge is -2.46. The van der Waals surface area contributed by atoms with Crippen molar-refractivity contribution in [2.45, 2.75) is 97.1 Å². The second-order valence-corrected chi connectivity index (χ2v) is 10.3. The molecule has 3 rings (SSSR count). The summed E-state index contributed by atoms with van der Waals surface area (Å²) in [6.07, 6.45) is 1.72. The fourth-order valence-electron chi connectivity index (χ4n) is 5.98.